The minimum atomic E-state index is 0.304. The normalized spacial score (nSPS) is 10.8. The topological polar surface area (TPSA) is 71.4 Å². The van der Waals surface area contributed by atoms with Crippen molar-refractivity contribution in [3.05, 3.63) is 0 Å². The summed E-state index contributed by atoms with van der Waals surface area (Å²) in [6, 6.07) is 6.26. The molecule has 13 heavy (non-hydrogen) atoms. The van der Waals surface area contributed by atoms with Crippen LogP contribution in [0.1, 0.15) is 38.5 Å². The summed E-state index contributed by atoms with van der Waals surface area (Å²) in [6.45, 7) is 0. The van der Waals surface area contributed by atoms with Crippen LogP contribution in [-0.4, -0.2) is 0 Å². The summed E-state index contributed by atoms with van der Waals surface area (Å²) in [5, 5.41) is 25.2. The number of unbranched alkanes of at least 4 members (excludes halogenated alkanes) is 1. The van der Waals surface area contributed by atoms with Crippen LogP contribution < -0.4 is 0 Å². The minimum absolute atomic E-state index is 0.304. The molecule has 0 aliphatic rings. The predicted octanol–water partition coefficient (Wildman–Crippen LogP) is 2.51. The molecule has 0 aromatic carbocycles. The molecule has 0 aliphatic carbocycles. The fourth-order valence-corrected chi connectivity index (χ4v) is 1.22. The maximum Gasteiger partial charge on any atom is 0.0624 e. The van der Waals surface area contributed by atoms with Gasteiger partial charge in [0.1, 0.15) is 0 Å². The molecule has 0 aromatic heterocycles. The van der Waals surface area contributed by atoms with Crippen molar-refractivity contribution in [1.29, 1.82) is 15.8 Å². The maximum atomic E-state index is 8.49. The molecule has 3 heteroatoms. The first-order valence-corrected chi connectivity index (χ1v) is 4.46. The Bertz CT molecular complexity index is 238. The van der Waals surface area contributed by atoms with Crippen LogP contribution in [0.3, 0.4) is 0 Å². The summed E-state index contributed by atoms with van der Waals surface area (Å²) in [7, 11) is 0. The van der Waals surface area contributed by atoms with E-state index < -0.39 is 0 Å². The summed E-state index contributed by atoms with van der Waals surface area (Å²) in [4.78, 5) is 0. The van der Waals surface area contributed by atoms with E-state index in [1.165, 1.54) is 0 Å². The first kappa shape index (κ1) is 11.5. The third kappa shape index (κ3) is 6.85. The lowest BCUT2D eigenvalue weighted by molar-refractivity contribution is 0.453. The van der Waals surface area contributed by atoms with Gasteiger partial charge in [-0.3, -0.25) is 0 Å². The molecule has 3 nitrogen and oxygen atoms in total. The Kier molecular flexibility index (Phi) is 7.56. The largest absolute Gasteiger partial charge is 0.198 e. The van der Waals surface area contributed by atoms with Gasteiger partial charge in [0.2, 0.25) is 0 Å². The highest BCUT2D eigenvalue weighted by molar-refractivity contribution is 4.80. The second-order valence-corrected chi connectivity index (χ2v) is 2.98. The quantitative estimate of drug-likeness (QED) is 0.582. The van der Waals surface area contributed by atoms with Crippen LogP contribution in [0.25, 0.3) is 0 Å². The van der Waals surface area contributed by atoms with Gasteiger partial charge in [-0.25, -0.2) is 0 Å². The van der Waals surface area contributed by atoms with E-state index in [1.54, 1.807) is 0 Å². The average Bonchev–Trinajstić information content (AvgIpc) is 2.14. The third-order valence-corrected chi connectivity index (χ3v) is 1.95. The van der Waals surface area contributed by atoms with Gasteiger partial charge in [-0.15, -0.1) is 0 Å². The van der Waals surface area contributed by atoms with E-state index in [0.29, 0.717) is 25.2 Å². The minimum Gasteiger partial charge on any atom is -0.198 e. The Balaban J connectivity index is 3.63. The molecule has 0 bridgehead atoms. The lowest BCUT2D eigenvalue weighted by atomic mass is 9.94. The molecule has 1 atom stereocenters. The molecule has 0 saturated carbocycles. The van der Waals surface area contributed by atoms with Crippen LogP contribution in [0.5, 0.6) is 0 Å². The average molecular weight is 175 g/mol. The lowest BCUT2D eigenvalue weighted by Crippen LogP contribution is -1.98. The Hall–Kier alpha value is -1.53. The highest BCUT2D eigenvalue weighted by Gasteiger charge is 2.07. The summed E-state index contributed by atoms with van der Waals surface area (Å²) in [5.74, 6) is 0.304. The highest BCUT2D eigenvalue weighted by atomic mass is 14.3. The molecule has 0 aromatic rings. The van der Waals surface area contributed by atoms with Crippen molar-refractivity contribution in [2.75, 3.05) is 0 Å². The van der Waals surface area contributed by atoms with Crippen molar-refractivity contribution < 1.29 is 0 Å². The van der Waals surface area contributed by atoms with Gasteiger partial charge in [-0.05, 0) is 25.2 Å². The van der Waals surface area contributed by atoms with E-state index in [9.17, 15) is 0 Å². The number of hydrogen-bond acceptors (Lipinski definition) is 3. The molecule has 0 heterocycles. The molecule has 68 valence electrons. The van der Waals surface area contributed by atoms with Crippen LogP contribution in [0, 0.1) is 39.9 Å². The molecule has 1 unspecified atom stereocenters. The molecule has 0 aliphatic heterocycles. The summed E-state index contributed by atoms with van der Waals surface area (Å²) in [6.07, 6.45) is 4.09. The van der Waals surface area contributed by atoms with Crippen LogP contribution in [-0.2, 0) is 0 Å². The number of hydrogen-bond donors (Lipinski definition) is 0. The van der Waals surface area contributed by atoms with Crippen LogP contribution in [0.2, 0.25) is 0 Å². The van der Waals surface area contributed by atoms with Gasteiger partial charge < -0.3 is 0 Å². The van der Waals surface area contributed by atoms with Crippen LogP contribution in [0.4, 0.5) is 0 Å². The lowest BCUT2D eigenvalue weighted by Gasteiger charge is -2.09. The van der Waals surface area contributed by atoms with Gasteiger partial charge in [0.25, 0.3) is 0 Å². The molecule has 0 rings (SSSR count). The third-order valence-electron chi connectivity index (χ3n) is 1.95. The van der Waals surface area contributed by atoms with Gasteiger partial charge in [0.15, 0.2) is 0 Å². The van der Waals surface area contributed by atoms with Gasteiger partial charge in [-0.2, -0.15) is 15.8 Å². The number of nitriles is 3. The highest BCUT2D eigenvalue weighted by Crippen LogP contribution is 2.17. The van der Waals surface area contributed by atoms with E-state index in [2.05, 4.69) is 18.2 Å². The first-order valence-electron chi connectivity index (χ1n) is 4.46. The van der Waals surface area contributed by atoms with Crippen LogP contribution in [0.15, 0.2) is 0 Å². The standard InChI is InChI=1S/C10H13N3/c11-7-2-1-4-10(6-9-13)5-3-8-12/h10H,1-6H2. The zero-order valence-electron chi connectivity index (χ0n) is 7.66. The monoisotopic (exact) mass is 175 g/mol. The summed E-state index contributed by atoms with van der Waals surface area (Å²) < 4.78 is 0. The molecule has 0 amide bonds. The predicted molar refractivity (Wildman–Crippen MR) is 48.0 cm³/mol. The molecule has 0 N–H and O–H groups in total. The van der Waals surface area contributed by atoms with Gasteiger partial charge >= 0.3 is 0 Å². The van der Waals surface area contributed by atoms with Gasteiger partial charge in [-0.1, -0.05) is 0 Å². The maximum absolute atomic E-state index is 8.49. The van der Waals surface area contributed by atoms with Crippen molar-refractivity contribution in [2.45, 2.75) is 38.5 Å². The van der Waals surface area contributed by atoms with Crippen molar-refractivity contribution in [3.8, 4) is 18.2 Å². The van der Waals surface area contributed by atoms with E-state index in [-0.39, 0.29) is 0 Å². The first-order chi connectivity index (χ1) is 6.35. The fourth-order valence-electron chi connectivity index (χ4n) is 1.22. The Morgan fingerprint density at radius 1 is 0.846 bits per heavy atom. The van der Waals surface area contributed by atoms with Crippen molar-refractivity contribution in [2.24, 2.45) is 5.92 Å². The molecular weight excluding hydrogens is 162 g/mol. The number of rotatable bonds is 6. The fraction of sp³-hybridized carbons (Fsp3) is 0.700. The van der Waals surface area contributed by atoms with Gasteiger partial charge in [0, 0.05) is 19.3 Å². The van der Waals surface area contributed by atoms with Crippen molar-refractivity contribution in [3.63, 3.8) is 0 Å². The second kappa shape index (κ2) is 8.57. The number of nitrogens with zero attached hydrogens (tertiary/aromatic N) is 3. The zero-order chi connectivity index (χ0) is 9.94. The molecule has 0 saturated heterocycles. The SMILES string of the molecule is N#CCCCC(CC#N)CCC#N. The Labute approximate surface area is 79.2 Å². The Morgan fingerprint density at radius 3 is 2.08 bits per heavy atom. The smallest absolute Gasteiger partial charge is 0.0624 e. The van der Waals surface area contributed by atoms with E-state index in [4.69, 9.17) is 15.8 Å². The van der Waals surface area contributed by atoms with Gasteiger partial charge in [0.05, 0.1) is 18.2 Å². The van der Waals surface area contributed by atoms with Crippen molar-refractivity contribution >= 4 is 0 Å². The van der Waals surface area contributed by atoms with Crippen LogP contribution >= 0.6 is 0 Å². The van der Waals surface area contributed by atoms with E-state index in [0.717, 1.165) is 19.3 Å². The summed E-state index contributed by atoms with van der Waals surface area (Å²) in [5.41, 5.74) is 0. The molecule has 0 fully saturated rings. The molecule has 0 radical (unpaired) electrons. The zero-order valence-corrected chi connectivity index (χ0v) is 7.66. The summed E-state index contributed by atoms with van der Waals surface area (Å²) >= 11 is 0. The van der Waals surface area contributed by atoms with E-state index in [1.807, 2.05) is 0 Å². The van der Waals surface area contributed by atoms with E-state index >= 15 is 0 Å². The molecule has 0 spiro atoms. The molecular formula is C10H13N3. The Morgan fingerprint density at radius 2 is 1.54 bits per heavy atom. The second-order valence-electron chi connectivity index (χ2n) is 2.98. The van der Waals surface area contributed by atoms with Crippen molar-refractivity contribution in [1.82, 2.24) is 0 Å².